The van der Waals surface area contributed by atoms with Crippen molar-refractivity contribution in [1.29, 1.82) is 0 Å². The molecule has 0 unspecified atom stereocenters. The van der Waals surface area contributed by atoms with Crippen LogP contribution in [0, 0.1) is 5.82 Å². The van der Waals surface area contributed by atoms with Crippen LogP contribution in [0.3, 0.4) is 0 Å². The number of anilines is 2. The van der Waals surface area contributed by atoms with Crippen molar-refractivity contribution < 1.29 is 9.18 Å². The van der Waals surface area contributed by atoms with Crippen LogP contribution < -0.4 is 4.90 Å². The van der Waals surface area contributed by atoms with Crippen LogP contribution in [0.5, 0.6) is 0 Å². The van der Waals surface area contributed by atoms with Crippen LogP contribution >= 0.6 is 15.9 Å². The van der Waals surface area contributed by atoms with Gasteiger partial charge in [0.05, 0.1) is 5.69 Å². The van der Waals surface area contributed by atoms with Crippen molar-refractivity contribution in [2.45, 2.75) is 0 Å². The van der Waals surface area contributed by atoms with Gasteiger partial charge in [-0.3, -0.25) is 4.79 Å². The second-order valence-electron chi connectivity index (χ2n) is 3.86. The number of hydrogen-bond donors (Lipinski definition) is 0. The van der Waals surface area contributed by atoms with Gasteiger partial charge in [0.25, 0.3) is 0 Å². The summed E-state index contributed by atoms with van der Waals surface area (Å²) in [5.41, 5.74) is 2.18. The second kappa shape index (κ2) is 5.31. The molecule has 0 bridgehead atoms. The lowest BCUT2D eigenvalue weighted by Crippen LogP contribution is -2.11. The van der Waals surface area contributed by atoms with Crippen molar-refractivity contribution in [2.75, 3.05) is 11.9 Å². The van der Waals surface area contributed by atoms with Crippen LogP contribution in [-0.4, -0.2) is 13.3 Å². The van der Waals surface area contributed by atoms with Gasteiger partial charge in [-0.25, -0.2) is 4.39 Å². The first-order valence-electron chi connectivity index (χ1n) is 5.36. The van der Waals surface area contributed by atoms with Crippen molar-refractivity contribution in [3.8, 4) is 0 Å². The lowest BCUT2D eigenvalue weighted by molar-refractivity contribution is 0.112. The number of carbonyl (C=O) groups is 1. The van der Waals surface area contributed by atoms with E-state index in [0.717, 1.165) is 22.1 Å². The third kappa shape index (κ3) is 2.59. The molecule has 0 aromatic heterocycles. The minimum absolute atomic E-state index is 0.279. The molecule has 0 fully saturated rings. The number of carbonyl (C=O) groups excluding carboxylic acids is 1. The highest BCUT2D eigenvalue weighted by Gasteiger charge is 2.09. The Morgan fingerprint density at radius 2 is 1.83 bits per heavy atom. The molecule has 2 nitrogen and oxygen atoms in total. The molecule has 92 valence electrons. The highest BCUT2D eigenvalue weighted by atomic mass is 79.9. The van der Waals surface area contributed by atoms with Crippen LogP contribution in [0.4, 0.5) is 15.8 Å². The number of hydrogen-bond acceptors (Lipinski definition) is 2. The van der Waals surface area contributed by atoms with E-state index in [9.17, 15) is 9.18 Å². The molecule has 2 rings (SSSR count). The number of rotatable bonds is 3. The van der Waals surface area contributed by atoms with Gasteiger partial charge in [-0.2, -0.15) is 0 Å². The van der Waals surface area contributed by atoms with E-state index in [4.69, 9.17) is 0 Å². The van der Waals surface area contributed by atoms with E-state index in [1.165, 1.54) is 12.1 Å². The topological polar surface area (TPSA) is 20.3 Å². The number of halogens is 2. The maximum absolute atomic E-state index is 12.9. The Hall–Kier alpha value is -1.68. The third-order valence-corrected chi connectivity index (χ3v) is 3.19. The number of nitrogens with zero attached hydrogens (tertiary/aromatic N) is 1. The molecule has 0 saturated heterocycles. The molecule has 2 aromatic carbocycles. The molecule has 2 aromatic rings. The molecule has 0 radical (unpaired) electrons. The Labute approximate surface area is 113 Å². The monoisotopic (exact) mass is 307 g/mol. The number of aldehydes is 1. The van der Waals surface area contributed by atoms with Gasteiger partial charge in [-0.1, -0.05) is 15.9 Å². The zero-order valence-corrected chi connectivity index (χ0v) is 11.3. The Bertz CT molecular complexity index is 569. The van der Waals surface area contributed by atoms with E-state index in [0.29, 0.717) is 5.56 Å². The van der Waals surface area contributed by atoms with Gasteiger partial charge in [0.2, 0.25) is 0 Å². The van der Waals surface area contributed by atoms with Crippen LogP contribution in [-0.2, 0) is 0 Å². The highest BCUT2D eigenvalue weighted by Crippen LogP contribution is 2.28. The Morgan fingerprint density at radius 3 is 2.44 bits per heavy atom. The van der Waals surface area contributed by atoms with Crippen LogP contribution in [0.15, 0.2) is 46.9 Å². The van der Waals surface area contributed by atoms with Crippen molar-refractivity contribution in [3.05, 3.63) is 58.3 Å². The molecular weight excluding hydrogens is 297 g/mol. The molecule has 0 aliphatic carbocycles. The molecule has 4 heteroatoms. The molecule has 0 atom stereocenters. The lowest BCUT2D eigenvalue weighted by atomic mass is 10.1. The minimum Gasteiger partial charge on any atom is -0.344 e. The maximum atomic E-state index is 12.9. The summed E-state index contributed by atoms with van der Waals surface area (Å²) >= 11 is 3.33. The molecule has 0 aliphatic heterocycles. The largest absolute Gasteiger partial charge is 0.344 e. The van der Waals surface area contributed by atoms with Gasteiger partial charge < -0.3 is 4.90 Å². The summed E-state index contributed by atoms with van der Waals surface area (Å²) in [6, 6.07) is 11.6. The third-order valence-electron chi connectivity index (χ3n) is 2.69. The molecule has 0 amide bonds. The van der Waals surface area contributed by atoms with E-state index >= 15 is 0 Å². The van der Waals surface area contributed by atoms with Gasteiger partial charge in [0, 0.05) is 22.8 Å². The fraction of sp³-hybridized carbons (Fsp3) is 0.0714. The van der Waals surface area contributed by atoms with Gasteiger partial charge in [-0.05, 0) is 42.5 Å². The normalized spacial score (nSPS) is 10.2. The number of benzene rings is 2. The fourth-order valence-electron chi connectivity index (χ4n) is 1.73. The standard InChI is InChI=1S/C14H11BrFNO/c1-17(13-5-3-12(16)4-6-13)14-7-2-11(15)8-10(14)9-18/h2-9H,1H3. The molecule has 18 heavy (non-hydrogen) atoms. The summed E-state index contributed by atoms with van der Waals surface area (Å²) in [5, 5.41) is 0. The fourth-order valence-corrected chi connectivity index (χ4v) is 2.11. The van der Waals surface area contributed by atoms with Crippen LogP contribution in [0.1, 0.15) is 10.4 Å². The van der Waals surface area contributed by atoms with Gasteiger partial charge in [-0.15, -0.1) is 0 Å². The SMILES string of the molecule is CN(c1ccc(F)cc1)c1ccc(Br)cc1C=O. The first-order valence-corrected chi connectivity index (χ1v) is 6.15. The van der Waals surface area contributed by atoms with Crippen LogP contribution in [0.2, 0.25) is 0 Å². The highest BCUT2D eigenvalue weighted by molar-refractivity contribution is 9.10. The smallest absolute Gasteiger partial charge is 0.152 e. The van der Waals surface area contributed by atoms with Crippen LogP contribution in [0.25, 0.3) is 0 Å². The Morgan fingerprint density at radius 1 is 1.17 bits per heavy atom. The zero-order chi connectivity index (χ0) is 13.1. The quantitative estimate of drug-likeness (QED) is 0.793. The molecule has 0 aliphatic rings. The second-order valence-corrected chi connectivity index (χ2v) is 4.77. The minimum atomic E-state index is -0.279. The summed E-state index contributed by atoms with van der Waals surface area (Å²) in [4.78, 5) is 12.9. The van der Waals surface area contributed by atoms with E-state index in [2.05, 4.69) is 15.9 Å². The molecular formula is C14H11BrFNO. The lowest BCUT2D eigenvalue weighted by Gasteiger charge is -2.21. The van der Waals surface area contributed by atoms with E-state index in [1.807, 2.05) is 24.1 Å². The maximum Gasteiger partial charge on any atom is 0.152 e. The van der Waals surface area contributed by atoms with E-state index in [1.54, 1.807) is 18.2 Å². The summed E-state index contributed by atoms with van der Waals surface area (Å²) in [6.07, 6.45) is 0.806. The first kappa shape index (κ1) is 12.8. The molecule has 0 spiro atoms. The molecule has 0 N–H and O–H groups in total. The average Bonchev–Trinajstić information content (AvgIpc) is 2.38. The zero-order valence-electron chi connectivity index (χ0n) is 9.73. The van der Waals surface area contributed by atoms with Gasteiger partial charge in [0.1, 0.15) is 5.82 Å². The van der Waals surface area contributed by atoms with Gasteiger partial charge >= 0.3 is 0 Å². The summed E-state index contributed by atoms with van der Waals surface area (Å²) in [6.45, 7) is 0. The average molecular weight is 308 g/mol. The Balaban J connectivity index is 2.42. The summed E-state index contributed by atoms with van der Waals surface area (Å²) < 4.78 is 13.7. The first-order chi connectivity index (χ1) is 8.61. The van der Waals surface area contributed by atoms with Crippen molar-refractivity contribution >= 4 is 33.6 Å². The van der Waals surface area contributed by atoms with E-state index in [-0.39, 0.29) is 5.82 Å². The summed E-state index contributed by atoms with van der Waals surface area (Å²) in [5.74, 6) is -0.279. The van der Waals surface area contributed by atoms with Crippen molar-refractivity contribution in [1.82, 2.24) is 0 Å². The predicted molar refractivity (Wildman–Crippen MR) is 74.0 cm³/mol. The summed E-state index contributed by atoms with van der Waals surface area (Å²) in [7, 11) is 1.84. The molecule has 0 saturated carbocycles. The Kier molecular flexibility index (Phi) is 3.77. The predicted octanol–water partition coefficient (Wildman–Crippen LogP) is 4.17. The van der Waals surface area contributed by atoms with Crippen molar-refractivity contribution in [2.24, 2.45) is 0 Å². The van der Waals surface area contributed by atoms with E-state index < -0.39 is 0 Å². The van der Waals surface area contributed by atoms with Gasteiger partial charge in [0.15, 0.2) is 6.29 Å². The molecule has 0 heterocycles. The van der Waals surface area contributed by atoms with Crippen molar-refractivity contribution in [3.63, 3.8) is 0 Å².